The van der Waals surface area contributed by atoms with Crippen molar-refractivity contribution in [3.8, 4) is 0 Å². The molecule has 2 atom stereocenters. The van der Waals surface area contributed by atoms with Gasteiger partial charge in [-0.15, -0.1) is 0 Å². The molecule has 172 valence electrons. The van der Waals surface area contributed by atoms with Crippen LogP contribution >= 0.6 is 11.6 Å². The number of nitrogens with zero attached hydrogens (tertiary/aromatic N) is 1. The van der Waals surface area contributed by atoms with Crippen molar-refractivity contribution in [1.82, 2.24) is 14.3 Å². The van der Waals surface area contributed by atoms with Gasteiger partial charge in [-0.3, -0.25) is 9.59 Å². The van der Waals surface area contributed by atoms with Crippen molar-refractivity contribution in [2.75, 3.05) is 18.9 Å². The third-order valence-corrected chi connectivity index (χ3v) is 7.04. The molecule has 1 saturated heterocycles. The summed E-state index contributed by atoms with van der Waals surface area (Å²) in [7, 11) is -2.81. The number of likely N-dealkylation sites (N-methyl/N-ethyl adjacent to an activating group) is 1. The van der Waals surface area contributed by atoms with Crippen molar-refractivity contribution in [2.24, 2.45) is 0 Å². The zero-order chi connectivity index (χ0) is 23.3. The summed E-state index contributed by atoms with van der Waals surface area (Å²) in [5.41, 5.74) is 1.35. The number of hydrogen-bond acceptors (Lipinski definition) is 4. The Hall–Kier alpha value is -2.53. The number of halogens is 2. The molecule has 0 radical (unpaired) electrons. The van der Waals surface area contributed by atoms with Crippen LogP contribution in [0.5, 0.6) is 0 Å². The average Bonchev–Trinajstić information content (AvgIpc) is 2.76. The molecule has 2 aromatic carbocycles. The maximum absolute atomic E-state index is 13.3. The molecule has 0 saturated carbocycles. The minimum Gasteiger partial charge on any atom is -0.355 e. The Balaban J connectivity index is 1.60. The first-order chi connectivity index (χ1) is 15.2. The van der Waals surface area contributed by atoms with Gasteiger partial charge in [-0.25, -0.2) is 4.39 Å². The van der Waals surface area contributed by atoms with Gasteiger partial charge in [-0.1, -0.05) is 41.9 Å². The highest BCUT2D eigenvalue weighted by Crippen LogP contribution is 2.22. The predicted octanol–water partition coefficient (Wildman–Crippen LogP) is 2.07. The molecule has 0 aromatic heterocycles. The van der Waals surface area contributed by atoms with E-state index in [9.17, 15) is 22.4 Å². The maximum Gasteiger partial charge on any atom is 0.280 e. The second kappa shape index (κ2) is 10.4. The largest absolute Gasteiger partial charge is 0.355 e. The van der Waals surface area contributed by atoms with Crippen LogP contribution < -0.4 is 15.4 Å². The van der Waals surface area contributed by atoms with Gasteiger partial charge in [0.15, 0.2) is 0 Å². The number of anilines is 1. The molecule has 32 heavy (non-hydrogen) atoms. The van der Waals surface area contributed by atoms with Crippen molar-refractivity contribution in [1.29, 1.82) is 0 Å². The molecular formula is C21H24ClFN4O4S. The summed E-state index contributed by atoms with van der Waals surface area (Å²) in [5.74, 6) is -1.80. The summed E-state index contributed by atoms with van der Waals surface area (Å²) < 4.78 is 41.4. The second-order valence-corrected chi connectivity index (χ2v) is 9.61. The minimum absolute atomic E-state index is 0.0684. The zero-order valence-corrected chi connectivity index (χ0v) is 18.9. The zero-order valence-electron chi connectivity index (χ0n) is 17.3. The number of aryl methyl sites for hydroxylation is 1. The Kier molecular flexibility index (Phi) is 7.83. The van der Waals surface area contributed by atoms with Gasteiger partial charge in [0.2, 0.25) is 11.8 Å². The van der Waals surface area contributed by atoms with E-state index in [1.165, 1.54) is 19.2 Å². The van der Waals surface area contributed by atoms with E-state index in [2.05, 4.69) is 15.4 Å². The SMILES string of the molecule is CN1C(C(=O)Nc2ccc(F)c(Cl)c2)CC(C(=O)NCCCc2ccccc2)NS1(=O)=O. The maximum atomic E-state index is 13.3. The summed E-state index contributed by atoms with van der Waals surface area (Å²) in [4.78, 5) is 25.3. The van der Waals surface area contributed by atoms with Crippen LogP contribution in [0.4, 0.5) is 10.1 Å². The molecule has 0 aliphatic carbocycles. The normalized spacial score (nSPS) is 20.5. The number of hydrogen-bond donors (Lipinski definition) is 3. The lowest BCUT2D eigenvalue weighted by atomic mass is 10.1. The fraction of sp³-hybridized carbons (Fsp3) is 0.333. The van der Waals surface area contributed by atoms with Crippen molar-refractivity contribution in [3.63, 3.8) is 0 Å². The molecule has 0 bridgehead atoms. The molecule has 2 aromatic rings. The van der Waals surface area contributed by atoms with Crippen LogP contribution in [0.3, 0.4) is 0 Å². The molecule has 0 spiro atoms. The highest BCUT2D eigenvalue weighted by molar-refractivity contribution is 7.87. The topological polar surface area (TPSA) is 108 Å². The molecule has 1 aliphatic heterocycles. The molecular weight excluding hydrogens is 459 g/mol. The lowest BCUT2D eigenvalue weighted by Crippen LogP contribution is -2.62. The molecule has 3 N–H and O–H groups in total. The second-order valence-electron chi connectivity index (χ2n) is 7.44. The Morgan fingerprint density at radius 2 is 1.91 bits per heavy atom. The van der Waals surface area contributed by atoms with E-state index in [-0.39, 0.29) is 17.1 Å². The van der Waals surface area contributed by atoms with Crippen LogP contribution in [0.1, 0.15) is 18.4 Å². The Morgan fingerprint density at radius 1 is 1.19 bits per heavy atom. The lowest BCUT2D eigenvalue weighted by molar-refractivity contribution is -0.124. The Morgan fingerprint density at radius 3 is 2.59 bits per heavy atom. The third-order valence-electron chi connectivity index (χ3n) is 5.16. The van der Waals surface area contributed by atoms with Crippen molar-refractivity contribution in [3.05, 3.63) is 64.9 Å². The monoisotopic (exact) mass is 482 g/mol. The highest BCUT2D eigenvalue weighted by Gasteiger charge is 2.42. The molecule has 1 aliphatic rings. The minimum atomic E-state index is -4.05. The molecule has 11 heteroatoms. The summed E-state index contributed by atoms with van der Waals surface area (Å²) in [5, 5.41) is 5.07. The van der Waals surface area contributed by atoms with Crippen LogP contribution in [-0.4, -0.2) is 50.2 Å². The van der Waals surface area contributed by atoms with E-state index in [4.69, 9.17) is 11.6 Å². The first kappa shape index (κ1) is 24.1. The van der Waals surface area contributed by atoms with Gasteiger partial charge in [-0.05, 0) is 43.0 Å². The van der Waals surface area contributed by atoms with Gasteiger partial charge in [0, 0.05) is 19.3 Å². The summed E-state index contributed by atoms with van der Waals surface area (Å²) in [6.45, 7) is 0.368. The first-order valence-electron chi connectivity index (χ1n) is 10.0. The fourth-order valence-corrected chi connectivity index (χ4v) is 4.78. The molecule has 1 heterocycles. The van der Waals surface area contributed by atoms with Gasteiger partial charge in [0.05, 0.1) is 5.02 Å². The van der Waals surface area contributed by atoms with E-state index in [0.717, 1.165) is 22.4 Å². The van der Waals surface area contributed by atoms with Gasteiger partial charge < -0.3 is 10.6 Å². The van der Waals surface area contributed by atoms with E-state index < -0.39 is 39.9 Å². The average molecular weight is 483 g/mol. The first-order valence-corrected chi connectivity index (χ1v) is 11.8. The van der Waals surface area contributed by atoms with E-state index >= 15 is 0 Å². The van der Waals surface area contributed by atoms with Gasteiger partial charge in [0.1, 0.15) is 17.9 Å². The van der Waals surface area contributed by atoms with Gasteiger partial charge in [-0.2, -0.15) is 17.4 Å². The van der Waals surface area contributed by atoms with E-state index in [1.807, 2.05) is 30.3 Å². The number of nitrogens with one attached hydrogen (secondary N) is 3. The highest BCUT2D eigenvalue weighted by atomic mass is 35.5. The molecule has 1 fully saturated rings. The van der Waals surface area contributed by atoms with Crippen molar-refractivity contribution < 1.29 is 22.4 Å². The predicted molar refractivity (Wildman–Crippen MR) is 120 cm³/mol. The van der Waals surface area contributed by atoms with Crippen molar-refractivity contribution >= 4 is 39.3 Å². The number of amides is 2. The van der Waals surface area contributed by atoms with Crippen LogP contribution in [0.15, 0.2) is 48.5 Å². The fourth-order valence-electron chi connectivity index (χ4n) is 3.35. The van der Waals surface area contributed by atoms with Crippen LogP contribution in [0.2, 0.25) is 5.02 Å². The number of carbonyl (C=O) groups is 2. The van der Waals surface area contributed by atoms with E-state index in [1.54, 1.807) is 0 Å². The van der Waals surface area contributed by atoms with E-state index in [0.29, 0.717) is 13.0 Å². The van der Waals surface area contributed by atoms with Gasteiger partial charge >= 0.3 is 0 Å². The molecule has 2 unspecified atom stereocenters. The summed E-state index contributed by atoms with van der Waals surface area (Å²) in [6, 6.07) is 11.2. The number of carbonyl (C=O) groups excluding carboxylic acids is 2. The van der Waals surface area contributed by atoms with Gasteiger partial charge in [0.25, 0.3) is 10.2 Å². The standard InChI is InChI=1S/C21H24ClFN4O4S/c1-27-19(21(29)25-15-9-10-17(23)16(22)12-15)13-18(26-32(27,30)31)20(28)24-11-5-8-14-6-3-2-4-7-14/h2-4,6-7,9-10,12,18-19,26H,5,8,11,13H2,1H3,(H,24,28)(H,25,29). The molecule has 2 amide bonds. The lowest BCUT2D eigenvalue weighted by Gasteiger charge is -2.35. The molecule has 3 rings (SSSR count). The number of benzene rings is 2. The summed E-state index contributed by atoms with van der Waals surface area (Å²) >= 11 is 5.73. The Bertz CT molecular complexity index is 1080. The quantitative estimate of drug-likeness (QED) is 0.525. The van der Waals surface area contributed by atoms with Crippen LogP contribution in [0.25, 0.3) is 0 Å². The smallest absolute Gasteiger partial charge is 0.280 e. The third kappa shape index (κ3) is 6.04. The summed E-state index contributed by atoms with van der Waals surface area (Å²) in [6.07, 6.45) is 1.39. The van der Waals surface area contributed by atoms with Crippen LogP contribution in [0, 0.1) is 5.82 Å². The van der Waals surface area contributed by atoms with Crippen LogP contribution in [-0.2, 0) is 26.2 Å². The number of rotatable bonds is 7. The Labute approximate surface area is 191 Å². The molecule has 8 nitrogen and oxygen atoms in total. The van der Waals surface area contributed by atoms with Crippen molar-refractivity contribution in [2.45, 2.75) is 31.3 Å².